The molecule has 0 bridgehead atoms. The number of hydrogen-bond donors (Lipinski definition) is 1. The molecule has 0 spiro atoms. The lowest BCUT2D eigenvalue weighted by Gasteiger charge is -2.22. The first-order valence-electron chi connectivity index (χ1n) is 20.5. The van der Waals surface area contributed by atoms with E-state index in [2.05, 4.69) is 28.2 Å². The lowest BCUT2D eigenvalue weighted by Crippen LogP contribution is -2.35. The Morgan fingerprint density at radius 2 is 1.42 bits per heavy atom. The highest BCUT2D eigenvalue weighted by Crippen LogP contribution is 2.43. The van der Waals surface area contributed by atoms with Crippen LogP contribution < -0.4 is 14.2 Å². The minimum Gasteiger partial charge on any atom is -0.506 e. The van der Waals surface area contributed by atoms with Gasteiger partial charge in [-0.3, -0.25) is 4.79 Å². The number of fused-ring (bicyclic) bond motifs is 2. The van der Waals surface area contributed by atoms with Gasteiger partial charge < -0.3 is 14.7 Å². The molecule has 3 aromatic rings. The summed E-state index contributed by atoms with van der Waals surface area (Å²) in [6, 6.07) is 11.4. The lowest BCUT2D eigenvalue weighted by molar-refractivity contribution is -0.669. The molecule has 5 rings (SSSR count). The van der Waals surface area contributed by atoms with Gasteiger partial charge in [0.1, 0.15) is 10.5 Å². The summed E-state index contributed by atoms with van der Waals surface area (Å²) >= 11 is 8.05. The van der Waals surface area contributed by atoms with E-state index >= 15 is 0 Å². The molecule has 0 saturated carbocycles. The smallest absolute Gasteiger partial charge is 0.263 e. The van der Waals surface area contributed by atoms with E-state index in [0.717, 1.165) is 53.1 Å². The summed E-state index contributed by atoms with van der Waals surface area (Å²) in [6.07, 6.45) is 28.6. The zero-order chi connectivity index (χ0) is 37.4. The molecular weight excluding hydrogens is 698 g/mol. The number of aliphatic hydroxyl groups is 1. The third-order valence-electron chi connectivity index (χ3n) is 10.5. The number of benzene rings is 2. The van der Waals surface area contributed by atoms with Gasteiger partial charge in [-0.2, -0.15) is 4.57 Å². The predicted octanol–water partition coefficient (Wildman–Crippen LogP) is 13.8. The van der Waals surface area contributed by atoms with Gasteiger partial charge in [-0.05, 0) is 37.1 Å². The van der Waals surface area contributed by atoms with Crippen LogP contribution in [0.1, 0.15) is 147 Å². The molecule has 2 heterocycles. The summed E-state index contributed by atoms with van der Waals surface area (Å²) in [7, 11) is 0. The van der Waals surface area contributed by atoms with Gasteiger partial charge in [-0.1, -0.05) is 152 Å². The number of unbranched alkanes of at least 4 members (excludes halogenated alkanes) is 18. The number of hydrogen-bond acceptors (Lipinski definition) is 5. The third kappa shape index (κ3) is 11.2. The van der Waals surface area contributed by atoms with Crippen molar-refractivity contribution in [3.8, 4) is 5.75 Å². The Bertz CT molecular complexity index is 1820. The van der Waals surface area contributed by atoms with Gasteiger partial charge in [0.05, 0.1) is 23.4 Å². The molecule has 0 amide bonds. The van der Waals surface area contributed by atoms with Gasteiger partial charge in [0, 0.05) is 36.2 Å². The van der Waals surface area contributed by atoms with Crippen molar-refractivity contribution in [2.24, 2.45) is 0 Å². The van der Waals surface area contributed by atoms with Gasteiger partial charge in [-0.15, -0.1) is 0 Å². The van der Waals surface area contributed by atoms with Crippen LogP contribution in [0.5, 0.6) is 5.75 Å². The molecule has 8 heteroatoms. The predicted molar refractivity (Wildman–Crippen MR) is 222 cm³/mol. The van der Waals surface area contributed by atoms with Crippen molar-refractivity contribution in [1.29, 1.82) is 0 Å². The molecule has 0 atom stereocenters. The quantitative estimate of drug-likeness (QED) is 0.0428. The third-order valence-corrected chi connectivity index (χ3v) is 11.9. The number of anilines is 1. The highest BCUT2D eigenvalue weighted by Gasteiger charge is 2.36. The van der Waals surface area contributed by atoms with Gasteiger partial charge in [0.25, 0.3) is 5.01 Å². The number of rotatable bonds is 24. The Morgan fingerprint density at radius 3 is 2.02 bits per heavy atom. The number of thiazole rings is 1. The number of halogens is 1. The molecule has 2 aliphatic rings. The zero-order valence-electron chi connectivity index (χ0n) is 32.1. The Morgan fingerprint density at radius 1 is 0.811 bits per heavy atom. The average molecular weight is 758 g/mol. The van der Waals surface area contributed by atoms with Crippen molar-refractivity contribution in [2.75, 3.05) is 11.4 Å². The number of ether oxygens (including phenoxy) is 1. The maximum absolute atomic E-state index is 13.6. The maximum Gasteiger partial charge on any atom is 0.263 e. The monoisotopic (exact) mass is 756 g/mol. The summed E-state index contributed by atoms with van der Waals surface area (Å²) in [5, 5.41) is 12.9. The highest BCUT2D eigenvalue weighted by atomic mass is 35.5. The fraction of sp³-hybridized carbons (Fsp3) is 0.533. The van der Waals surface area contributed by atoms with Crippen molar-refractivity contribution in [1.82, 2.24) is 0 Å². The first kappa shape index (κ1) is 40.6. The molecule has 0 saturated heterocycles. The summed E-state index contributed by atoms with van der Waals surface area (Å²) < 4.78 is 9.59. The number of nitrogens with zero attached hydrogens (tertiary/aromatic N) is 3. The Hall–Kier alpha value is -3.60. The second kappa shape index (κ2) is 21.3. The van der Waals surface area contributed by atoms with Crippen LogP contribution in [0.25, 0.3) is 21.1 Å². The Kier molecular flexibility index (Phi) is 16.3. The fourth-order valence-electron chi connectivity index (χ4n) is 7.38. The van der Waals surface area contributed by atoms with E-state index in [-0.39, 0.29) is 17.1 Å². The fourth-order valence-corrected chi connectivity index (χ4v) is 8.66. The van der Waals surface area contributed by atoms with Gasteiger partial charge in [0.2, 0.25) is 17.2 Å². The van der Waals surface area contributed by atoms with Gasteiger partial charge in [-0.25, -0.2) is 4.85 Å². The van der Waals surface area contributed by atoms with Gasteiger partial charge in [0.15, 0.2) is 18.0 Å². The van der Waals surface area contributed by atoms with Crippen LogP contribution in [0.4, 0.5) is 11.4 Å². The Labute approximate surface area is 327 Å². The number of aromatic nitrogens is 1. The number of Topliss-reactive ketones (excluding diaryl/α,β-unsaturated/α-hetero) is 1. The van der Waals surface area contributed by atoms with Crippen LogP contribution in [-0.2, 0) is 11.3 Å². The molecule has 0 radical (unpaired) electrons. The van der Waals surface area contributed by atoms with E-state index in [9.17, 15) is 9.90 Å². The molecule has 0 fully saturated rings. The van der Waals surface area contributed by atoms with Gasteiger partial charge >= 0.3 is 0 Å². The molecule has 1 aliphatic carbocycles. The van der Waals surface area contributed by atoms with Crippen LogP contribution in [0.3, 0.4) is 0 Å². The normalized spacial score (nSPS) is 15.4. The van der Waals surface area contributed by atoms with Crippen LogP contribution in [0.15, 0.2) is 65.3 Å². The Balaban J connectivity index is 1.25. The second-order valence-electron chi connectivity index (χ2n) is 14.7. The summed E-state index contributed by atoms with van der Waals surface area (Å²) in [6.45, 7) is 13.6. The number of allylic oxidation sites excluding steroid dienone is 3. The van der Waals surface area contributed by atoms with E-state index in [1.165, 1.54) is 103 Å². The van der Waals surface area contributed by atoms with Crippen LogP contribution in [-0.4, -0.2) is 17.4 Å². The van der Waals surface area contributed by atoms with E-state index in [1.54, 1.807) is 23.5 Å². The minimum absolute atomic E-state index is 0.0104. The van der Waals surface area contributed by atoms with E-state index in [4.69, 9.17) is 22.9 Å². The molecule has 53 heavy (non-hydrogen) atoms. The lowest BCUT2D eigenvalue weighted by atomic mass is 9.87. The highest BCUT2D eigenvalue weighted by molar-refractivity contribution is 7.18. The molecule has 2 aromatic carbocycles. The van der Waals surface area contributed by atoms with Crippen LogP contribution in [0, 0.1) is 6.57 Å². The van der Waals surface area contributed by atoms with Crippen molar-refractivity contribution in [2.45, 2.75) is 149 Å². The molecule has 1 aromatic heterocycles. The van der Waals surface area contributed by atoms with Crippen molar-refractivity contribution in [3.05, 3.63) is 86.7 Å². The number of aliphatic hydroxyl groups excluding tert-OH is 1. The number of ketones is 1. The van der Waals surface area contributed by atoms with Crippen molar-refractivity contribution >= 4 is 56.4 Å². The van der Waals surface area contributed by atoms with E-state index in [0.29, 0.717) is 34.5 Å². The number of carbonyl (C=O) groups is 1. The van der Waals surface area contributed by atoms with Crippen molar-refractivity contribution in [3.63, 3.8) is 0 Å². The number of carbonyl (C=O) groups excluding carboxylic acids is 1. The van der Waals surface area contributed by atoms with Crippen LogP contribution >= 0.6 is 22.9 Å². The molecule has 6 nitrogen and oxygen atoms in total. The molecule has 284 valence electrons. The van der Waals surface area contributed by atoms with E-state index < -0.39 is 0 Å². The maximum atomic E-state index is 13.6. The largest absolute Gasteiger partial charge is 0.506 e. The molecule has 0 unspecified atom stereocenters. The average Bonchev–Trinajstić information content (AvgIpc) is 3.69. The zero-order valence-corrected chi connectivity index (χ0v) is 33.6. The molecule has 1 aliphatic heterocycles. The van der Waals surface area contributed by atoms with Crippen molar-refractivity contribution < 1.29 is 19.2 Å². The first-order valence-corrected chi connectivity index (χ1v) is 21.6. The minimum atomic E-state index is -0.198. The topological polar surface area (TPSA) is 58.0 Å². The molecular formula is C45H59ClN3O3S+. The van der Waals surface area contributed by atoms with E-state index in [1.807, 2.05) is 36.4 Å². The first-order chi connectivity index (χ1) is 25.9. The van der Waals surface area contributed by atoms with Crippen LogP contribution in [0.2, 0.25) is 5.02 Å². The summed E-state index contributed by atoms with van der Waals surface area (Å²) in [5.74, 6) is 0.967. The number of aryl methyl sites for hydroxylation is 1. The summed E-state index contributed by atoms with van der Waals surface area (Å²) in [5.41, 5.74) is 3.01. The standard InChI is InChI=1S/C45H58ClN3O3S/c1-4-6-8-10-12-14-16-18-20-22-28-48-38-31-35(47-3)25-26-40(38)52-42(48)32-36-44(50)37(45(36)51)33-43-49(39-30-34(46)24-27-41(39)53-43)29-23-21-19-17-15-13-11-9-7-5-2/h24-27,30-33H,4-23,28-29H2,1-2H3/p+1. The molecule has 1 N–H and O–H groups in total. The SMILES string of the molecule is [C-]#[N+]c1ccc2c(c1)N(CCCCCCCCCCCC)/C(=C\C1=C(O)C(=Cc3sc4ccc(Cl)cc4[n+]3CCCCCCCCCCCC)C1=O)O2. The second-order valence-corrected chi connectivity index (χ2v) is 16.2. The summed E-state index contributed by atoms with van der Waals surface area (Å²) in [4.78, 5) is 19.3.